The normalized spacial score (nSPS) is 23.1. The molecule has 0 aliphatic carbocycles. The lowest BCUT2D eigenvalue weighted by Gasteiger charge is -2.39. The van der Waals surface area contributed by atoms with Gasteiger partial charge in [-0.3, -0.25) is 9.59 Å². The largest absolute Gasteiger partial charge is 0.493 e. The molecule has 2 atom stereocenters. The molecule has 0 saturated carbocycles. The average Bonchev–Trinajstić information content (AvgIpc) is 2.70. The molecule has 2 heterocycles. The number of morpholine rings is 1. The van der Waals surface area contributed by atoms with Gasteiger partial charge < -0.3 is 19.3 Å². The van der Waals surface area contributed by atoms with Crippen molar-refractivity contribution in [3.05, 3.63) is 30.1 Å². The molecule has 2 fully saturated rings. The van der Waals surface area contributed by atoms with Crippen molar-refractivity contribution in [2.75, 3.05) is 32.8 Å². The smallest absolute Gasteiger partial charge is 0.225 e. The average molecular weight is 406 g/mol. The fraction of sp³-hybridized carbons (Fsp3) is 0.636. The van der Waals surface area contributed by atoms with Gasteiger partial charge in [-0.2, -0.15) is 0 Å². The molecular formula is C22H31FN2O4. The number of halogens is 1. The van der Waals surface area contributed by atoms with Crippen molar-refractivity contribution < 1.29 is 23.5 Å². The molecule has 2 aliphatic heterocycles. The van der Waals surface area contributed by atoms with Gasteiger partial charge in [0.25, 0.3) is 0 Å². The van der Waals surface area contributed by atoms with Crippen LogP contribution in [0.15, 0.2) is 24.3 Å². The molecule has 2 unspecified atom stereocenters. The highest BCUT2D eigenvalue weighted by Crippen LogP contribution is 2.23. The molecule has 160 valence electrons. The van der Waals surface area contributed by atoms with Crippen LogP contribution in [0.1, 0.15) is 39.5 Å². The maximum atomic E-state index is 13.1. The van der Waals surface area contributed by atoms with Crippen LogP contribution >= 0.6 is 0 Å². The lowest BCUT2D eigenvalue weighted by atomic mass is 9.94. The standard InChI is InChI=1S/C22H31FN2O4/c1-16-14-25(15-17(2)29-16)22(27)18-8-10-24(11-9-18)21(26)7-4-12-28-20-6-3-5-19(23)13-20/h3,5-6,13,16-18H,4,7-12,14-15H2,1-2H3. The number of piperidine rings is 1. The molecule has 0 radical (unpaired) electrons. The molecule has 7 heteroatoms. The summed E-state index contributed by atoms with van der Waals surface area (Å²) in [6.45, 7) is 6.90. The Morgan fingerprint density at radius 1 is 1.14 bits per heavy atom. The third-order valence-corrected chi connectivity index (χ3v) is 5.53. The Balaban J connectivity index is 1.36. The lowest BCUT2D eigenvalue weighted by Crippen LogP contribution is -2.51. The molecule has 1 aromatic rings. The van der Waals surface area contributed by atoms with Crippen LogP contribution in [0, 0.1) is 11.7 Å². The quantitative estimate of drug-likeness (QED) is 0.682. The third-order valence-electron chi connectivity index (χ3n) is 5.53. The Bertz CT molecular complexity index is 696. The fourth-order valence-electron chi connectivity index (χ4n) is 4.12. The van der Waals surface area contributed by atoms with Crippen molar-refractivity contribution in [2.24, 2.45) is 5.92 Å². The summed E-state index contributed by atoms with van der Waals surface area (Å²) in [5, 5.41) is 0. The fourth-order valence-corrected chi connectivity index (χ4v) is 4.12. The highest BCUT2D eigenvalue weighted by atomic mass is 19.1. The van der Waals surface area contributed by atoms with Crippen molar-refractivity contribution >= 4 is 11.8 Å². The minimum absolute atomic E-state index is 0.00661. The molecule has 2 amide bonds. The Labute approximate surface area is 171 Å². The summed E-state index contributed by atoms with van der Waals surface area (Å²) in [6.07, 6.45) is 2.54. The minimum atomic E-state index is -0.336. The number of amides is 2. The third kappa shape index (κ3) is 6.16. The number of nitrogens with zero attached hydrogens (tertiary/aromatic N) is 2. The predicted octanol–water partition coefficient (Wildman–Crippen LogP) is 2.86. The Hall–Kier alpha value is -2.15. The maximum Gasteiger partial charge on any atom is 0.225 e. The van der Waals surface area contributed by atoms with Gasteiger partial charge in [0.15, 0.2) is 0 Å². The van der Waals surface area contributed by atoms with Gasteiger partial charge in [-0.25, -0.2) is 4.39 Å². The second-order valence-corrected chi connectivity index (χ2v) is 8.06. The molecule has 1 aromatic carbocycles. The zero-order valence-corrected chi connectivity index (χ0v) is 17.3. The summed E-state index contributed by atoms with van der Waals surface area (Å²) >= 11 is 0. The molecule has 0 bridgehead atoms. The first-order valence-electron chi connectivity index (χ1n) is 10.5. The van der Waals surface area contributed by atoms with E-state index in [4.69, 9.17) is 9.47 Å². The van der Waals surface area contributed by atoms with E-state index in [2.05, 4.69) is 0 Å². The first kappa shape index (κ1) is 21.6. The van der Waals surface area contributed by atoms with Gasteiger partial charge in [0.2, 0.25) is 11.8 Å². The summed E-state index contributed by atoms with van der Waals surface area (Å²) in [5.41, 5.74) is 0. The Kier molecular flexibility index (Phi) is 7.47. The molecule has 0 N–H and O–H groups in total. The molecule has 2 aliphatic rings. The summed E-state index contributed by atoms with van der Waals surface area (Å²) in [4.78, 5) is 29.0. The topological polar surface area (TPSA) is 59.1 Å². The first-order valence-corrected chi connectivity index (χ1v) is 10.5. The van der Waals surface area contributed by atoms with Crippen molar-refractivity contribution in [2.45, 2.75) is 51.7 Å². The molecule has 29 heavy (non-hydrogen) atoms. The number of rotatable bonds is 6. The zero-order valence-electron chi connectivity index (χ0n) is 17.3. The molecule has 6 nitrogen and oxygen atoms in total. The highest BCUT2D eigenvalue weighted by molar-refractivity contribution is 5.80. The van der Waals surface area contributed by atoms with Crippen molar-refractivity contribution in [1.29, 1.82) is 0 Å². The number of carbonyl (C=O) groups is 2. The molecule has 2 saturated heterocycles. The lowest BCUT2D eigenvalue weighted by molar-refractivity contribution is -0.150. The van der Waals surface area contributed by atoms with Crippen molar-refractivity contribution in [3.63, 3.8) is 0 Å². The minimum Gasteiger partial charge on any atom is -0.493 e. The van der Waals surface area contributed by atoms with Gasteiger partial charge >= 0.3 is 0 Å². The van der Waals surface area contributed by atoms with Crippen LogP contribution in [0.2, 0.25) is 0 Å². The van der Waals surface area contributed by atoms with Crippen LogP contribution in [-0.2, 0) is 14.3 Å². The van der Waals surface area contributed by atoms with E-state index < -0.39 is 0 Å². The van der Waals surface area contributed by atoms with Crippen molar-refractivity contribution in [3.8, 4) is 5.75 Å². The molecule has 0 spiro atoms. The van der Waals surface area contributed by atoms with E-state index in [0.717, 1.165) is 0 Å². The number of hydrogen-bond donors (Lipinski definition) is 0. The van der Waals surface area contributed by atoms with E-state index in [1.54, 1.807) is 12.1 Å². The second-order valence-electron chi connectivity index (χ2n) is 8.06. The van der Waals surface area contributed by atoms with E-state index in [1.807, 2.05) is 23.6 Å². The molecular weight excluding hydrogens is 375 g/mol. The summed E-state index contributed by atoms with van der Waals surface area (Å²) < 4.78 is 24.3. The number of likely N-dealkylation sites (tertiary alicyclic amines) is 1. The van der Waals surface area contributed by atoms with Gasteiger partial charge in [-0.05, 0) is 45.2 Å². The number of hydrogen-bond acceptors (Lipinski definition) is 4. The van der Waals surface area contributed by atoms with Gasteiger partial charge in [0, 0.05) is 44.6 Å². The van der Waals surface area contributed by atoms with Crippen LogP contribution in [0.5, 0.6) is 5.75 Å². The number of benzene rings is 1. The van der Waals surface area contributed by atoms with Gasteiger partial charge in [-0.1, -0.05) is 6.07 Å². The van der Waals surface area contributed by atoms with E-state index in [1.165, 1.54) is 12.1 Å². The van der Waals surface area contributed by atoms with E-state index in [-0.39, 0.29) is 35.8 Å². The predicted molar refractivity (Wildman–Crippen MR) is 107 cm³/mol. The SMILES string of the molecule is CC1CN(C(=O)C2CCN(C(=O)CCCOc3cccc(F)c3)CC2)CC(C)O1. The first-order chi connectivity index (χ1) is 13.9. The van der Waals surface area contributed by atoms with Crippen LogP contribution < -0.4 is 4.74 Å². The van der Waals surface area contributed by atoms with Crippen LogP contribution in [-0.4, -0.2) is 66.6 Å². The van der Waals surface area contributed by atoms with Gasteiger partial charge in [-0.15, -0.1) is 0 Å². The second kappa shape index (κ2) is 10.1. The molecule has 0 aromatic heterocycles. The summed E-state index contributed by atoms with van der Waals surface area (Å²) in [6, 6.07) is 5.99. The molecule has 3 rings (SSSR count). The summed E-state index contributed by atoms with van der Waals surface area (Å²) in [5.74, 6) is 0.420. The Morgan fingerprint density at radius 3 is 2.48 bits per heavy atom. The summed E-state index contributed by atoms with van der Waals surface area (Å²) in [7, 11) is 0. The van der Waals surface area contributed by atoms with Crippen LogP contribution in [0.3, 0.4) is 0 Å². The monoisotopic (exact) mass is 406 g/mol. The van der Waals surface area contributed by atoms with Crippen LogP contribution in [0.25, 0.3) is 0 Å². The van der Waals surface area contributed by atoms with E-state index >= 15 is 0 Å². The Morgan fingerprint density at radius 2 is 1.83 bits per heavy atom. The highest BCUT2D eigenvalue weighted by Gasteiger charge is 2.33. The number of carbonyl (C=O) groups excluding carboxylic acids is 2. The van der Waals surface area contributed by atoms with Crippen LogP contribution in [0.4, 0.5) is 4.39 Å². The van der Waals surface area contributed by atoms with Gasteiger partial charge in [0.05, 0.1) is 18.8 Å². The van der Waals surface area contributed by atoms with Crippen molar-refractivity contribution in [1.82, 2.24) is 9.80 Å². The van der Waals surface area contributed by atoms with Gasteiger partial charge in [0.1, 0.15) is 11.6 Å². The maximum absolute atomic E-state index is 13.1. The van der Waals surface area contributed by atoms with E-state index in [9.17, 15) is 14.0 Å². The van der Waals surface area contributed by atoms with E-state index in [0.29, 0.717) is 64.2 Å². The number of ether oxygens (including phenoxy) is 2. The zero-order chi connectivity index (χ0) is 20.8.